The molecule has 1 heterocycles. The standard InChI is InChI=1S/C53H74N14O11S/c1-31(61-47(73)36(54)27-34-17-19-35(68)20-18-34)46(72)60-30-44(70)62-41(29-33-13-7-4-8-14-33)50(76)65-39(23-26-79-2)52(78)67-25-10-16-42(67)51(77)64-38(21-22-43(55)69)49(75)63-37(15-9-24-59-53(57)58)48(74)66-40(45(56)71)28-32-11-5-3-6-12-32/h3-8,11-14,17-20,31,36-42,68H,9-10,15-16,21-30,54H2,1-2H3,(H2,55,69)(H2,56,71)(H,60,72)(H,61,73)(H,62,70)(H,63,75)(H,64,77)(H,65,76)(H,66,74)(H4,57,58,59)/t31-,36+,37+,38+,39+,40+,41+,42+/m1/s1. The maximum Gasteiger partial charge on any atom is 0.245 e. The van der Waals surface area contributed by atoms with Crippen LogP contribution in [0.2, 0.25) is 0 Å². The van der Waals surface area contributed by atoms with Gasteiger partial charge in [-0.05, 0) is 92.7 Å². The van der Waals surface area contributed by atoms with E-state index in [2.05, 4.69) is 42.2 Å². The van der Waals surface area contributed by atoms with E-state index in [9.17, 15) is 53.1 Å². The van der Waals surface area contributed by atoms with Gasteiger partial charge in [-0.25, -0.2) is 0 Å². The van der Waals surface area contributed by atoms with Crippen molar-refractivity contribution in [1.82, 2.24) is 42.1 Å². The van der Waals surface area contributed by atoms with Crippen LogP contribution < -0.4 is 65.9 Å². The molecule has 18 N–H and O–H groups in total. The number of phenols is 1. The van der Waals surface area contributed by atoms with Crippen molar-refractivity contribution in [2.45, 2.75) is 119 Å². The minimum absolute atomic E-state index is 0.0249. The van der Waals surface area contributed by atoms with Crippen molar-refractivity contribution in [3.05, 3.63) is 102 Å². The van der Waals surface area contributed by atoms with E-state index in [0.717, 1.165) is 0 Å². The monoisotopic (exact) mass is 1110 g/mol. The molecule has 0 bridgehead atoms. The molecule has 79 heavy (non-hydrogen) atoms. The highest BCUT2D eigenvalue weighted by molar-refractivity contribution is 7.98. The second-order valence-corrected chi connectivity index (χ2v) is 20.0. The van der Waals surface area contributed by atoms with Crippen molar-refractivity contribution in [2.24, 2.45) is 33.7 Å². The van der Waals surface area contributed by atoms with Crippen LogP contribution in [-0.4, -0.2) is 155 Å². The van der Waals surface area contributed by atoms with E-state index >= 15 is 0 Å². The lowest BCUT2D eigenvalue weighted by Crippen LogP contribution is -2.60. The van der Waals surface area contributed by atoms with Gasteiger partial charge in [-0.1, -0.05) is 72.8 Å². The zero-order valence-electron chi connectivity index (χ0n) is 44.3. The van der Waals surface area contributed by atoms with Crippen LogP contribution in [0.15, 0.2) is 89.9 Å². The van der Waals surface area contributed by atoms with Crippen molar-refractivity contribution in [1.29, 1.82) is 0 Å². The molecule has 0 aromatic heterocycles. The summed E-state index contributed by atoms with van der Waals surface area (Å²) in [5.74, 6) is -7.28. The summed E-state index contributed by atoms with van der Waals surface area (Å²) in [7, 11) is 0. The van der Waals surface area contributed by atoms with Crippen molar-refractivity contribution in [3.63, 3.8) is 0 Å². The number of phenolic OH excluding ortho intramolecular Hbond substituents is 1. The second kappa shape index (κ2) is 32.5. The van der Waals surface area contributed by atoms with Gasteiger partial charge in [-0.3, -0.25) is 52.9 Å². The van der Waals surface area contributed by atoms with E-state index in [1.54, 1.807) is 79.1 Å². The van der Waals surface area contributed by atoms with Crippen LogP contribution in [-0.2, 0) is 67.2 Å². The maximum absolute atomic E-state index is 14.5. The minimum atomic E-state index is -1.45. The molecule has 0 spiro atoms. The molecule has 10 amide bonds. The first-order chi connectivity index (χ1) is 37.6. The summed E-state index contributed by atoms with van der Waals surface area (Å²) < 4.78 is 0. The van der Waals surface area contributed by atoms with Crippen LogP contribution in [0.25, 0.3) is 0 Å². The summed E-state index contributed by atoms with van der Waals surface area (Å²) in [6.07, 6.45) is 2.06. The van der Waals surface area contributed by atoms with Gasteiger partial charge in [0, 0.05) is 32.4 Å². The lowest BCUT2D eigenvalue weighted by molar-refractivity contribution is -0.142. The highest BCUT2D eigenvalue weighted by Crippen LogP contribution is 2.21. The zero-order valence-corrected chi connectivity index (χ0v) is 45.1. The zero-order chi connectivity index (χ0) is 58.0. The van der Waals surface area contributed by atoms with E-state index in [-0.39, 0.29) is 82.6 Å². The maximum atomic E-state index is 14.5. The average molecular weight is 1120 g/mol. The third-order valence-electron chi connectivity index (χ3n) is 12.7. The number of benzene rings is 3. The molecule has 428 valence electrons. The van der Waals surface area contributed by atoms with Crippen molar-refractivity contribution in [2.75, 3.05) is 31.6 Å². The van der Waals surface area contributed by atoms with Gasteiger partial charge in [0.25, 0.3) is 0 Å². The first kappa shape index (κ1) is 63.3. The number of guanidine groups is 1. The number of rotatable bonds is 32. The fourth-order valence-electron chi connectivity index (χ4n) is 8.47. The molecule has 0 aliphatic carbocycles. The first-order valence-electron chi connectivity index (χ1n) is 25.8. The number of amides is 10. The number of likely N-dealkylation sites (tertiary alicyclic amines) is 1. The van der Waals surface area contributed by atoms with Gasteiger partial charge in [-0.2, -0.15) is 11.8 Å². The Morgan fingerprint density at radius 1 is 0.646 bits per heavy atom. The molecule has 8 atom stereocenters. The third-order valence-corrected chi connectivity index (χ3v) is 13.4. The van der Waals surface area contributed by atoms with E-state index in [1.165, 1.54) is 35.7 Å². The summed E-state index contributed by atoms with van der Waals surface area (Å²) in [5, 5.41) is 27.8. The van der Waals surface area contributed by atoms with Crippen LogP contribution >= 0.6 is 11.8 Å². The number of thioether (sulfide) groups is 1. The Hall–Kier alpha value is -8.26. The number of nitrogens with two attached hydrogens (primary N) is 5. The fourth-order valence-corrected chi connectivity index (χ4v) is 8.94. The molecule has 3 aromatic rings. The summed E-state index contributed by atoms with van der Waals surface area (Å²) >= 11 is 1.40. The fraction of sp³-hybridized carbons (Fsp3) is 0.453. The largest absolute Gasteiger partial charge is 0.508 e. The quantitative estimate of drug-likeness (QED) is 0.0172. The number of hydrogen-bond acceptors (Lipinski definition) is 14. The van der Waals surface area contributed by atoms with Gasteiger partial charge >= 0.3 is 0 Å². The number of carbonyl (C=O) groups is 10. The smallest absolute Gasteiger partial charge is 0.245 e. The molecule has 0 saturated carbocycles. The van der Waals surface area contributed by atoms with Gasteiger partial charge in [0.15, 0.2) is 5.96 Å². The molecule has 4 rings (SSSR count). The number of aromatic hydroxyl groups is 1. The summed E-state index contributed by atoms with van der Waals surface area (Å²) in [6.45, 7) is 0.981. The van der Waals surface area contributed by atoms with E-state index in [1.807, 2.05) is 0 Å². The van der Waals surface area contributed by atoms with Gasteiger partial charge in [0.05, 0.1) is 12.6 Å². The Balaban J connectivity index is 1.47. The van der Waals surface area contributed by atoms with Gasteiger partial charge < -0.3 is 75.9 Å². The molecule has 26 heteroatoms. The molecule has 1 fully saturated rings. The Morgan fingerprint density at radius 2 is 1.20 bits per heavy atom. The van der Waals surface area contributed by atoms with Gasteiger partial charge in [0.2, 0.25) is 59.1 Å². The van der Waals surface area contributed by atoms with Crippen LogP contribution in [0.5, 0.6) is 5.75 Å². The molecule has 25 nitrogen and oxygen atoms in total. The van der Waals surface area contributed by atoms with Crippen molar-refractivity contribution in [3.8, 4) is 5.75 Å². The number of carbonyl (C=O) groups excluding carboxylic acids is 10. The SMILES string of the molecule is CSCC[C@H](NC(=O)[C@H](Cc1ccccc1)NC(=O)CNC(=O)[C@@H](C)NC(=O)[C@@H](N)Cc1ccc(O)cc1)C(=O)N1CCC[C@H]1C(=O)N[C@@H](CCC(N)=O)C(=O)N[C@@H](CCCN=C(N)N)C(=O)N[C@@H](Cc1ccccc1)C(N)=O. The molecular formula is C53H74N14O11S. The topological polar surface area (TPSA) is 421 Å². The molecule has 3 aromatic carbocycles. The number of nitrogens with one attached hydrogen (secondary N) is 7. The van der Waals surface area contributed by atoms with Crippen molar-refractivity contribution < 1.29 is 53.1 Å². The second-order valence-electron chi connectivity index (χ2n) is 19.0. The van der Waals surface area contributed by atoms with Gasteiger partial charge in [0.1, 0.15) is 48.0 Å². The molecule has 0 unspecified atom stereocenters. The highest BCUT2D eigenvalue weighted by atomic mass is 32.2. The Bertz CT molecular complexity index is 2590. The molecule has 1 saturated heterocycles. The van der Waals surface area contributed by atoms with E-state index in [0.29, 0.717) is 28.9 Å². The molecular weight excluding hydrogens is 1040 g/mol. The average Bonchev–Trinajstić information content (AvgIpc) is 3.92. The third kappa shape index (κ3) is 22.0. The van der Waals surface area contributed by atoms with Crippen LogP contribution in [0.1, 0.15) is 68.6 Å². The predicted octanol–water partition coefficient (Wildman–Crippen LogP) is -2.66. The summed E-state index contributed by atoms with van der Waals surface area (Å²) in [4.78, 5) is 140. The summed E-state index contributed by atoms with van der Waals surface area (Å²) in [6, 6.07) is 13.9. The first-order valence-corrected chi connectivity index (χ1v) is 27.2. The van der Waals surface area contributed by atoms with Crippen LogP contribution in [0.3, 0.4) is 0 Å². The van der Waals surface area contributed by atoms with E-state index < -0.39 is 114 Å². The Kier molecular flexibility index (Phi) is 26.0. The van der Waals surface area contributed by atoms with Crippen molar-refractivity contribution >= 4 is 76.8 Å². The number of nitrogens with zero attached hydrogens (tertiary/aromatic N) is 2. The summed E-state index contributed by atoms with van der Waals surface area (Å²) in [5.41, 5.74) is 30.2. The minimum Gasteiger partial charge on any atom is -0.508 e. The lowest BCUT2D eigenvalue weighted by atomic mass is 10.0. The molecule has 0 radical (unpaired) electrons. The van der Waals surface area contributed by atoms with Crippen LogP contribution in [0, 0.1) is 0 Å². The Labute approximate surface area is 462 Å². The number of aliphatic imine (C=N–C) groups is 1. The van der Waals surface area contributed by atoms with Crippen LogP contribution in [0.4, 0.5) is 0 Å². The lowest BCUT2D eigenvalue weighted by Gasteiger charge is -2.31. The number of primary amides is 2. The molecule has 1 aliphatic rings. The Morgan fingerprint density at radius 3 is 1.78 bits per heavy atom. The highest BCUT2D eigenvalue weighted by Gasteiger charge is 2.40. The molecule has 1 aliphatic heterocycles. The van der Waals surface area contributed by atoms with E-state index in [4.69, 9.17) is 28.7 Å². The number of hydrogen-bond donors (Lipinski definition) is 13. The van der Waals surface area contributed by atoms with Gasteiger partial charge in [-0.15, -0.1) is 0 Å². The normalized spacial score (nSPS) is 15.5. The predicted molar refractivity (Wildman–Crippen MR) is 296 cm³/mol.